The highest BCUT2D eigenvalue weighted by atomic mass is 32.4. The molecule has 0 aliphatic carbocycles. The van der Waals surface area contributed by atoms with E-state index in [9.17, 15) is 0 Å². The Bertz CT molecular complexity index is 295. The molecule has 1 unspecified atom stereocenters. The van der Waals surface area contributed by atoms with Crippen LogP contribution in [-0.2, 0) is 11.8 Å². The summed E-state index contributed by atoms with van der Waals surface area (Å²) in [5.74, 6) is 0. The molecule has 3 heteroatoms. The molecule has 0 amide bonds. The lowest BCUT2D eigenvalue weighted by molar-refractivity contribution is 0.685. The van der Waals surface area contributed by atoms with Crippen molar-refractivity contribution in [1.29, 1.82) is 0 Å². The molecule has 0 aliphatic heterocycles. The molecule has 0 bridgehead atoms. The Morgan fingerprint density at radius 1 is 1.17 bits per heavy atom. The zero-order valence-corrected chi connectivity index (χ0v) is 9.40. The van der Waals surface area contributed by atoms with Crippen LogP contribution in [0.15, 0.2) is 30.3 Å². The minimum absolute atomic E-state index is 1.28. The van der Waals surface area contributed by atoms with E-state index < -0.39 is 6.19 Å². The molecule has 0 radical (unpaired) electrons. The van der Waals surface area contributed by atoms with Gasteiger partial charge in [0.2, 0.25) is 0 Å². The summed E-state index contributed by atoms with van der Waals surface area (Å²) in [6.07, 6.45) is -1.45. The van der Waals surface area contributed by atoms with E-state index in [1.165, 1.54) is 5.30 Å². The maximum absolute atomic E-state index is 5.57. The van der Waals surface area contributed by atoms with Gasteiger partial charge in [-0.25, -0.2) is 0 Å². The van der Waals surface area contributed by atoms with Gasteiger partial charge in [-0.1, -0.05) is 42.1 Å². The maximum Gasteiger partial charge on any atom is 0.0394 e. The first-order chi connectivity index (χ1) is 5.55. The molecule has 1 aromatic rings. The third-order valence-electron chi connectivity index (χ3n) is 2.00. The van der Waals surface area contributed by atoms with Crippen LogP contribution in [0.4, 0.5) is 0 Å². The summed E-state index contributed by atoms with van der Waals surface area (Å²) in [5.41, 5.74) is 0. The summed E-state index contributed by atoms with van der Waals surface area (Å²) in [5, 5.41) is 1.28. The molecular weight excluding hydrogens is 185 g/mol. The van der Waals surface area contributed by atoms with Crippen LogP contribution >= 0.6 is 6.19 Å². The predicted octanol–water partition coefficient (Wildman–Crippen LogP) is 1.90. The lowest BCUT2D eigenvalue weighted by atomic mass is 10.4. The third-order valence-corrected chi connectivity index (χ3v) is 6.39. The SMILES string of the molecule is CN(C)P(C)(=S)c1ccccc1. The average molecular weight is 199 g/mol. The summed E-state index contributed by atoms with van der Waals surface area (Å²) in [4.78, 5) is 0. The Hall–Kier alpha value is -0.170. The van der Waals surface area contributed by atoms with Gasteiger partial charge in [-0.15, -0.1) is 0 Å². The molecule has 0 spiro atoms. The summed E-state index contributed by atoms with van der Waals surface area (Å²) in [6.45, 7) is 2.15. The van der Waals surface area contributed by atoms with Gasteiger partial charge in [0.15, 0.2) is 0 Å². The van der Waals surface area contributed by atoms with E-state index in [1.54, 1.807) is 0 Å². The van der Waals surface area contributed by atoms with Crippen molar-refractivity contribution in [3.63, 3.8) is 0 Å². The van der Waals surface area contributed by atoms with Crippen molar-refractivity contribution < 1.29 is 0 Å². The smallest absolute Gasteiger partial charge is 0.0394 e. The first kappa shape index (κ1) is 9.91. The third kappa shape index (κ3) is 1.95. The minimum Gasteiger partial charge on any atom is -0.278 e. The van der Waals surface area contributed by atoms with Crippen molar-refractivity contribution in [1.82, 2.24) is 4.67 Å². The molecule has 66 valence electrons. The highest BCUT2D eigenvalue weighted by Crippen LogP contribution is 2.41. The molecule has 0 saturated carbocycles. The number of hydrogen-bond acceptors (Lipinski definition) is 1. The largest absolute Gasteiger partial charge is 0.278 e. The number of hydrogen-bond donors (Lipinski definition) is 0. The quantitative estimate of drug-likeness (QED) is 0.669. The van der Waals surface area contributed by atoms with E-state index in [2.05, 4.69) is 23.5 Å². The molecule has 0 fully saturated rings. The van der Waals surface area contributed by atoms with Gasteiger partial charge in [0, 0.05) is 6.19 Å². The van der Waals surface area contributed by atoms with Crippen molar-refractivity contribution in [3.8, 4) is 0 Å². The van der Waals surface area contributed by atoms with Gasteiger partial charge in [-0.05, 0) is 26.1 Å². The van der Waals surface area contributed by atoms with E-state index in [0.717, 1.165) is 0 Å². The molecule has 0 aliphatic rings. The Morgan fingerprint density at radius 3 is 2.08 bits per heavy atom. The number of nitrogens with zero attached hydrogens (tertiary/aromatic N) is 1. The molecule has 12 heavy (non-hydrogen) atoms. The fraction of sp³-hybridized carbons (Fsp3) is 0.333. The maximum atomic E-state index is 5.57. The second kappa shape index (κ2) is 3.69. The lowest BCUT2D eigenvalue weighted by Crippen LogP contribution is -2.16. The Kier molecular flexibility index (Phi) is 3.05. The standard InChI is InChI=1S/C9H14NPS/c1-10(2)11(3,12)9-7-5-4-6-8-9/h4-8H,1-3H3. The Balaban J connectivity index is 3.07. The van der Waals surface area contributed by atoms with Gasteiger partial charge < -0.3 is 0 Å². The lowest BCUT2D eigenvalue weighted by Gasteiger charge is -2.24. The van der Waals surface area contributed by atoms with E-state index in [-0.39, 0.29) is 0 Å². The van der Waals surface area contributed by atoms with Crippen LogP contribution in [0, 0.1) is 0 Å². The van der Waals surface area contributed by atoms with Gasteiger partial charge in [-0.2, -0.15) is 0 Å². The van der Waals surface area contributed by atoms with E-state index in [1.807, 2.05) is 32.3 Å². The molecule has 0 N–H and O–H groups in total. The van der Waals surface area contributed by atoms with E-state index >= 15 is 0 Å². The first-order valence-electron chi connectivity index (χ1n) is 3.86. The normalized spacial score (nSPS) is 16.0. The van der Waals surface area contributed by atoms with Crippen molar-refractivity contribution in [2.45, 2.75) is 0 Å². The van der Waals surface area contributed by atoms with Crippen LogP contribution in [0.25, 0.3) is 0 Å². The monoisotopic (exact) mass is 199 g/mol. The predicted molar refractivity (Wildman–Crippen MR) is 60.0 cm³/mol. The van der Waals surface area contributed by atoms with E-state index in [4.69, 9.17) is 11.8 Å². The average Bonchev–Trinajstić information content (AvgIpc) is 2.06. The molecular formula is C9H14NPS. The van der Waals surface area contributed by atoms with Crippen LogP contribution in [-0.4, -0.2) is 25.4 Å². The topological polar surface area (TPSA) is 3.24 Å². The van der Waals surface area contributed by atoms with Crippen LogP contribution < -0.4 is 5.30 Å². The molecule has 0 saturated heterocycles. The van der Waals surface area contributed by atoms with Gasteiger partial charge in [0.1, 0.15) is 0 Å². The molecule has 0 heterocycles. The van der Waals surface area contributed by atoms with Crippen LogP contribution in [0.2, 0.25) is 0 Å². The minimum atomic E-state index is -1.45. The molecule has 0 aromatic heterocycles. The highest BCUT2D eigenvalue weighted by molar-refractivity contribution is 8.16. The Labute approximate surface area is 79.5 Å². The number of benzene rings is 1. The summed E-state index contributed by atoms with van der Waals surface area (Å²) < 4.78 is 2.15. The fourth-order valence-electron chi connectivity index (χ4n) is 0.936. The van der Waals surface area contributed by atoms with Crippen LogP contribution in [0.5, 0.6) is 0 Å². The summed E-state index contributed by atoms with van der Waals surface area (Å²) in [7, 11) is 4.10. The van der Waals surface area contributed by atoms with Crippen molar-refractivity contribution in [2.24, 2.45) is 0 Å². The highest BCUT2D eigenvalue weighted by Gasteiger charge is 2.14. The van der Waals surface area contributed by atoms with Gasteiger partial charge in [0.25, 0.3) is 0 Å². The second-order valence-electron chi connectivity index (χ2n) is 3.06. The second-order valence-corrected chi connectivity index (χ2v) is 8.27. The fourth-order valence-corrected chi connectivity index (χ4v) is 2.49. The zero-order valence-electron chi connectivity index (χ0n) is 7.69. The first-order valence-corrected chi connectivity index (χ1v) is 7.06. The Morgan fingerprint density at radius 2 is 1.67 bits per heavy atom. The zero-order chi connectivity index (χ0) is 9.19. The van der Waals surface area contributed by atoms with Crippen molar-refractivity contribution >= 4 is 23.3 Å². The van der Waals surface area contributed by atoms with Crippen LogP contribution in [0.3, 0.4) is 0 Å². The van der Waals surface area contributed by atoms with Gasteiger partial charge in [-0.3, -0.25) is 4.67 Å². The molecule has 1 nitrogen and oxygen atoms in total. The van der Waals surface area contributed by atoms with Gasteiger partial charge >= 0.3 is 0 Å². The summed E-state index contributed by atoms with van der Waals surface area (Å²) >= 11 is 5.57. The van der Waals surface area contributed by atoms with Crippen LogP contribution in [0.1, 0.15) is 0 Å². The molecule has 1 atom stereocenters. The molecule has 1 rings (SSSR count). The number of rotatable bonds is 2. The van der Waals surface area contributed by atoms with Crippen molar-refractivity contribution in [2.75, 3.05) is 20.8 Å². The van der Waals surface area contributed by atoms with Crippen molar-refractivity contribution in [3.05, 3.63) is 30.3 Å². The van der Waals surface area contributed by atoms with E-state index in [0.29, 0.717) is 0 Å². The summed E-state index contributed by atoms with van der Waals surface area (Å²) in [6, 6.07) is 10.3. The molecule has 1 aromatic carbocycles. The van der Waals surface area contributed by atoms with Gasteiger partial charge in [0.05, 0.1) is 0 Å².